The molecule has 2 aliphatic rings. The third kappa shape index (κ3) is 5.51. The Labute approximate surface area is 274 Å². The van der Waals surface area contributed by atoms with Gasteiger partial charge in [0.05, 0.1) is 59.2 Å². The average Bonchev–Trinajstić information content (AvgIpc) is 3.06. The van der Waals surface area contributed by atoms with Crippen molar-refractivity contribution in [3.8, 4) is 34.1 Å². The van der Waals surface area contributed by atoms with Gasteiger partial charge in [0.1, 0.15) is 34.7 Å². The lowest BCUT2D eigenvalue weighted by Crippen LogP contribution is -2.31. The summed E-state index contributed by atoms with van der Waals surface area (Å²) in [4.78, 5) is 38.3. The number of carbonyl (C=O) groups excluding carboxylic acids is 2. The first-order valence-electron chi connectivity index (χ1n) is 14.8. The number of aliphatic hydroxyl groups excluding tert-OH is 1. The van der Waals surface area contributed by atoms with E-state index >= 15 is 0 Å². The molecule has 0 fully saturated rings. The van der Waals surface area contributed by atoms with E-state index in [1.54, 1.807) is 26.0 Å². The normalized spacial score (nSPS) is 20.4. The van der Waals surface area contributed by atoms with Crippen LogP contribution in [0.15, 0.2) is 17.9 Å². The number of phenols is 2. The van der Waals surface area contributed by atoms with Crippen molar-refractivity contribution in [2.24, 2.45) is 0 Å². The Morgan fingerprint density at radius 3 is 2.08 bits per heavy atom. The molecule has 0 aromatic heterocycles. The second-order valence-corrected chi connectivity index (χ2v) is 11.3. The van der Waals surface area contributed by atoms with E-state index in [0.29, 0.717) is 0 Å². The third-order valence-corrected chi connectivity index (χ3v) is 8.64. The highest BCUT2D eigenvalue weighted by atomic mass is 16.6. The number of esters is 2. The molecule has 0 radical (unpaired) electrons. The Bertz CT molecular complexity index is 1860. The lowest BCUT2D eigenvalue weighted by atomic mass is 9.76. The lowest BCUT2D eigenvalue weighted by molar-refractivity contribution is -0.157. The molecule has 14 heteroatoms. The number of hydrogen-bond donors (Lipinski definition) is 4. The van der Waals surface area contributed by atoms with Gasteiger partial charge in [0.15, 0.2) is 6.10 Å². The van der Waals surface area contributed by atoms with Crippen molar-refractivity contribution in [3.63, 3.8) is 0 Å². The van der Waals surface area contributed by atoms with Crippen LogP contribution in [0.4, 0.5) is 0 Å². The Balaban J connectivity index is 2.19. The SMILES string of the molecule is COC(=O)c1c(O)c2c(c(-c3c4c(c(O)c5c(OC)cc(OC)cc35)CO[C@@H](C)[C@H]4OC(C)=O)c1C=C(OC)C(=O)O)[C@H](O)[C@H](C)OC2. The molecule has 0 bridgehead atoms. The summed E-state index contributed by atoms with van der Waals surface area (Å²) in [5.74, 6) is -4.27. The number of ether oxygens (including phenoxy) is 7. The van der Waals surface area contributed by atoms with Gasteiger partial charge in [0.25, 0.3) is 0 Å². The minimum Gasteiger partial charge on any atom is -0.507 e. The number of carboxylic acid groups (broad SMARTS) is 1. The molecular weight excluding hydrogens is 632 g/mol. The number of rotatable bonds is 8. The molecule has 3 aromatic rings. The van der Waals surface area contributed by atoms with Crippen LogP contribution in [-0.4, -0.2) is 79.0 Å². The molecule has 48 heavy (non-hydrogen) atoms. The van der Waals surface area contributed by atoms with Gasteiger partial charge in [-0.05, 0) is 37.1 Å². The van der Waals surface area contributed by atoms with Crippen LogP contribution in [0.25, 0.3) is 28.0 Å². The number of fused-ring (bicyclic) bond motifs is 3. The Kier molecular flexibility index (Phi) is 9.44. The first kappa shape index (κ1) is 34.3. The van der Waals surface area contributed by atoms with E-state index < -0.39 is 59.4 Å². The van der Waals surface area contributed by atoms with Gasteiger partial charge >= 0.3 is 17.9 Å². The summed E-state index contributed by atoms with van der Waals surface area (Å²) in [6.07, 6.45) is -3.18. The first-order chi connectivity index (χ1) is 22.8. The first-order valence-corrected chi connectivity index (χ1v) is 14.8. The van der Waals surface area contributed by atoms with Gasteiger partial charge in [0, 0.05) is 46.2 Å². The largest absolute Gasteiger partial charge is 0.507 e. The lowest BCUT2D eigenvalue weighted by Gasteiger charge is -2.37. The standard InChI is InChI=1S/C34H36O14/c1-13-29(36)26-19(11-46-13)31(38)28(34(41)45-7)18(10-22(44-6)33(39)40)24(26)25-17-8-16(42-4)9-21(43-5)23(17)30(37)20-12-47-14(2)32(27(20)25)48-15(3)35/h8-10,13-14,29,32,36-38H,11-12H2,1-7H3,(H,39,40)/t13-,14-,29+,32+/m0/s1. The molecule has 0 saturated heterocycles. The fourth-order valence-corrected chi connectivity index (χ4v) is 6.39. The van der Waals surface area contributed by atoms with Crippen molar-refractivity contribution in [2.45, 2.75) is 58.4 Å². The van der Waals surface area contributed by atoms with E-state index in [9.17, 15) is 34.8 Å². The summed E-state index contributed by atoms with van der Waals surface area (Å²) in [5.41, 5.74) is 0.120. The average molecular weight is 669 g/mol. The van der Waals surface area contributed by atoms with Crippen molar-refractivity contribution >= 4 is 34.8 Å². The molecule has 3 aromatic carbocycles. The fourth-order valence-electron chi connectivity index (χ4n) is 6.39. The number of aromatic hydroxyl groups is 2. The summed E-state index contributed by atoms with van der Waals surface area (Å²) in [5, 5.41) is 45.6. The number of carbonyl (C=O) groups is 3. The molecule has 0 saturated carbocycles. The van der Waals surface area contributed by atoms with Crippen molar-refractivity contribution in [1.29, 1.82) is 0 Å². The summed E-state index contributed by atoms with van der Waals surface area (Å²) >= 11 is 0. The maximum absolute atomic E-state index is 13.5. The second-order valence-electron chi connectivity index (χ2n) is 11.3. The van der Waals surface area contributed by atoms with Crippen molar-refractivity contribution < 1.29 is 68.0 Å². The molecule has 4 N–H and O–H groups in total. The zero-order valence-corrected chi connectivity index (χ0v) is 27.3. The molecule has 256 valence electrons. The van der Waals surface area contributed by atoms with Crippen LogP contribution in [0.5, 0.6) is 23.0 Å². The van der Waals surface area contributed by atoms with Crippen molar-refractivity contribution in [1.82, 2.24) is 0 Å². The molecule has 0 spiro atoms. The van der Waals surface area contributed by atoms with Crippen molar-refractivity contribution in [2.75, 3.05) is 28.4 Å². The highest BCUT2D eigenvalue weighted by Crippen LogP contribution is 2.56. The maximum atomic E-state index is 13.5. The summed E-state index contributed by atoms with van der Waals surface area (Å²) < 4.78 is 39.0. The van der Waals surface area contributed by atoms with Gasteiger partial charge in [0.2, 0.25) is 5.76 Å². The van der Waals surface area contributed by atoms with Gasteiger partial charge < -0.3 is 53.6 Å². The van der Waals surface area contributed by atoms with E-state index in [4.69, 9.17) is 33.2 Å². The Morgan fingerprint density at radius 2 is 1.52 bits per heavy atom. The molecule has 0 aliphatic carbocycles. The summed E-state index contributed by atoms with van der Waals surface area (Å²) in [6.45, 7) is 4.06. The maximum Gasteiger partial charge on any atom is 0.371 e. The quantitative estimate of drug-likeness (QED) is 0.151. The number of aliphatic hydroxyl groups is 1. The molecule has 0 unspecified atom stereocenters. The van der Waals surface area contributed by atoms with E-state index in [-0.39, 0.29) is 80.2 Å². The highest BCUT2D eigenvalue weighted by Gasteiger charge is 2.42. The number of carboxylic acids is 1. The topological polar surface area (TPSA) is 197 Å². The second kappa shape index (κ2) is 13.2. The van der Waals surface area contributed by atoms with Crippen LogP contribution >= 0.6 is 0 Å². The molecule has 14 nitrogen and oxygen atoms in total. The molecule has 4 atom stereocenters. The van der Waals surface area contributed by atoms with Crippen LogP contribution in [0.2, 0.25) is 0 Å². The number of hydrogen-bond acceptors (Lipinski definition) is 13. The molecule has 0 amide bonds. The van der Waals surface area contributed by atoms with E-state index in [0.717, 1.165) is 20.3 Å². The van der Waals surface area contributed by atoms with E-state index in [1.807, 2.05) is 0 Å². The minimum atomic E-state index is -1.51. The van der Waals surface area contributed by atoms with Crippen LogP contribution in [0.3, 0.4) is 0 Å². The number of phenolic OH excluding ortho intramolecular Hbond substituents is 2. The summed E-state index contributed by atoms with van der Waals surface area (Å²) in [7, 11) is 5.01. The molecular formula is C34H36O14. The molecule has 2 heterocycles. The summed E-state index contributed by atoms with van der Waals surface area (Å²) in [6, 6.07) is 3.12. The van der Waals surface area contributed by atoms with Crippen LogP contribution in [-0.2, 0) is 46.5 Å². The van der Waals surface area contributed by atoms with Crippen LogP contribution in [0.1, 0.15) is 71.2 Å². The van der Waals surface area contributed by atoms with E-state index in [1.165, 1.54) is 21.1 Å². The zero-order chi connectivity index (χ0) is 35.2. The number of benzene rings is 3. The smallest absolute Gasteiger partial charge is 0.371 e. The predicted molar refractivity (Wildman–Crippen MR) is 168 cm³/mol. The van der Waals surface area contributed by atoms with Crippen LogP contribution in [0, 0.1) is 0 Å². The molecule has 5 rings (SSSR count). The predicted octanol–water partition coefficient (Wildman–Crippen LogP) is 4.27. The third-order valence-electron chi connectivity index (χ3n) is 8.64. The zero-order valence-electron chi connectivity index (χ0n) is 27.3. The van der Waals surface area contributed by atoms with Gasteiger partial charge in [-0.1, -0.05) is 0 Å². The molecule has 2 aliphatic heterocycles. The van der Waals surface area contributed by atoms with Gasteiger partial charge in [-0.3, -0.25) is 4.79 Å². The number of aliphatic carboxylic acids is 1. The number of methoxy groups -OCH3 is 4. The fraction of sp³-hybridized carbons (Fsp3) is 0.382. The Morgan fingerprint density at radius 1 is 0.875 bits per heavy atom. The Hall–Kier alpha value is -5.05. The van der Waals surface area contributed by atoms with Gasteiger partial charge in [-0.25, -0.2) is 9.59 Å². The van der Waals surface area contributed by atoms with Crippen LogP contribution < -0.4 is 9.47 Å². The van der Waals surface area contributed by atoms with E-state index in [2.05, 4.69) is 0 Å². The highest BCUT2D eigenvalue weighted by molar-refractivity contribution is 6.11. The van der Waals surface area contributed by atoms with Gasteiger partial charge in [-0.15, -0.1) is 0 Å². The van der Waals surface area contributed by atoms with Gasteiger partial charge in [-0.2, -0.15) is 0 Å². The monoisotopic (exact) mass is 668 g/mol. The minimum absolute atomic E-state index is 0.0245. The van der Waals surface area contributed by atoms with Crippen molar-refractivity contribution in [3.05, 3.63) is 51.3 Å².